The van der Waals surface area contributed by atoms with E-state index in [1.165, 1.54) is 19.3 Å². The first kappa shape index (κ1) is 12.1. The summed E-state index contributed by atoms with van der Waals surface area (Å²) in [7, 11) is 0. The van der Waals surface area contributed by atoms with Crippen molar-refractivity contribution in [3.8, 4) is 0 Å². The molecule has 1 aromatic heterocycles. The van der Waals surface area contributed by atoms with E-state index in [1.807, 2.05) is 6.20 Å². The molecule has 1 atom stereocenters. The van der Waals surface area contributed by atoms with E-state index in [1.54, 1.807) is 0 Å². The Morgan fingerprint density at radius 1 is 1.44 bits per heavy atom. The molecule has 1 unspecified atom stereocenters. The van der Waals surface area contributed by atoms with Crippen molar-refractivity contribution in [1.29, 1.82) is 0 Å². The van der Waals surface area contributed by atoms with Crippen LogP contribution in [0.1, 0.15) is 62.0 Å². The predicted molar refractivity (Wildman–Crippen MR) is 69.1 cm³/mol. The highest BCUT2D eigenvalue weighted by Crippen LogP contribution is 2.41. The zero-order valence-corrected chi connectivity index (χ0v) is 11.0. The number of nitrogens with zero attached hydrogens (tertiary/aromatic N) is 2. The Morgan fingerprint density at radius 3 is 2.89 bits per heavy atom. The molecule has 1 aliphatic heterocycles. The van der Waals surface area contributed by atoms with Gasteiger partial charge in [0.1, 0.15) is 5.60 Å². The fourth-order valence-electron chi connectivity index (χ4n) is 2.65. The number of hydrogen-bond donors (Lipinski definition) is 1. The van der Waals surface area contributed by atoms with Crippen LogP contribution in [-0.2, 0) is 16.9 Å². The van der Waals surface area contributed by atoms with E-state index in [4.69, 9.17) is 15.5 Å². The lowest BCUT2D eigenvalue weighted by molar-refractivity contribution is -0.0762. The summed E-state index contributed by atoms with van der Waals surface area (Å²) in [5.41, 5.74) is 7.73. The van der Waals surface area contributed by atoms with Crippen LogP contribution in [0.2, 0.25) is 0 Å². The van der Waals surface area contributed by atoms with Crippen molar-refractivity contribution in [2.24, 2.45) is 5.73 Å². The van der Waals surface area contributed by atoms with Crippen LogP contribution in [0.4, 0.5) is 0 Å². The second kappa shape index (κ2) is 4.59. The van der Waals surface area contributed by atoms with Gasteiger partial charge in [-0.15, -0.1) is 0 Å². The molecule has 1 aromatic rings. The summed E-state index contributed by atoms with van der Waals surface area (Å²) in [6.45, 7) is 3.46. The second-order valence-electron chi connectivity index (χ2n) is 5.62. The van der Waals surface area contributed by atoms with Crippen molar-refractivity contribution in [3.63, 3.8) is 0 Å². The molecular formula is C14H21N3O. The topological polar surface area (TPSA) is 61.0 Å². The van der Waals surface area contributed by atoms with Crippen molar-refractivity contribution >= 4 is 0 Å². The van der Waals surface area contributed by atoms with Crippen molar-refractivity contribution in [3.05, 3.63) is 23.3 Å². The molecule has 3 rings (SSSR count). The SMILES string of the molecule is CC1(c2ncc(CN)c(C3CC3)n2)CCCCO1. The van der Waals surface area contributed by atoms with Gasteiger partial charge in [-0.1, -0.05) is 0 Å². The van der Waals surface area contributed by atoms with Gasteiger partial charge in [0, 0.05) is 30.8 Å². The number of ether oxygens (including phenoxy) is 1. The molecule has 0 spiro atoms. The summed E-state index contributed by atoms with van der Waals surface area (Å²) >= 11 is 0. The highest BCUT2D eigenvalue weighted by atomic mass is 16.5. The maximum Gasteiger partial charge on any atom is 0.160 e. The quantitative estimate of drug-likeness (QED) is 0.889. The maximum absolute atomic E-state index is 5.92. The van der Waals surface area contributed by atoms with Crippen LogP contribution in [0.5, 0.6) is 0 Å². The van der Waals surface area contributed by atoms with Crippen LogP contribution < -0.4 is 5.73 Å². The van der Waals surface area contributed by atoms with Crippen LogP contribution in [0.15, 0.2) is 6.20 Å². The van der Waals surface area contributed by atoms with Gasteiger partial charge in [-0.2, -0.15) is 0 Å². The molecule has 4 nitrogen and oxygen atoms in total. The van der Waals surface area contributed by atoms with Gasteiger partial charge >= 0.3 is 0 Å². The van der Waals surface area contributed by atoms with Crippen LogP contribution in [-0.4, -0.2) is 16.6 Å². The van der Waals surface area contributed by atoms with Crippen LogP contribution in [0, 0.1) is 0 Å². The van der Waals surface area contributed by atoms with Gasteiger partial charge in [0.25, 0.3) is 0 Å². The van der Waals surface area contributed by atoms with Gasteiger partial charge < -0.3 is 10.5 Å². The van der Waals surface area contributed by atoms with Gasteiger partial charge in [0.2, 0.25) is 0 Å². The minimum absolute atomic E-state index is 0.297. The molecule has 2 heterocycles. The first-order valence-corrected chi connectivity index (χ1v) is 6.93. The summed E-state index contributed by atoms with van der Waals surface area (Å²) in [6, 6.07) is 0. The summed E-state index contributed by atoms with van der Waals surface area (Å²) in [6.07, 6.45) is 7.73. The first-order chi connectivity index (χ1) is 8.73. The first-order valence-electron chi connectivity index (χ1n) is 6.93. The van der Waals surface area contributed by atoms with Gasteiger partial charge in [-0.05, 0) is 39.0 Å². The number of nitrogens with two attached hydrogens (primary N) is 1. The van der Waals surface area contributed by atoms with E-state index < -0.39 is 0 Å². The van der Waals surface area contributed by atoms with Crippen LogP contribution >= 0.6 is 0 Å². The van der Waals surface area contributed by atoms with E-state index in [0.717, 1.165) is 36.5 Å². The van der Waals surface area contributed by atoms with Gasteiger partial charge in [-0.25, -0.2) is 9.97 Å². The zero-order valence-electron chi connectivity index (χ0n) is 11.0. The van der Waals surface area contributed by atoms with Crippen LogP contribution in [0.25, 0.3) is 0 Å². The zero-order chi connectivity index (χ0) is 12.6. The van der Waals surface area contributed by atoms with E-state index in [2.05, 4.69) is 11.9 Å². The molecular weight excluding hydrogens is 226 g/mol. The molecule has 2 fully saturated rings. The summed E-state index contributed by atoms with van der Waals surface area (Å²) < 4.78 is 5.92. The Bertz CT molecular complexity index is 437. The Morgan fingerprint density at radius 2 is 2.28 bits per heavy atom. The lowest BCUT2D eigenvalue weighted by Crippen LogP contribution is -2.32. The molecule has 0 radical (unpaired) electrons. The maximum atomic E-state index is 5.92. The fourth-order valence-corrected chi connectivity index (χ4v) is 2.65. The van der Waals surface area contributed by atoms with Crippen LogP contribution in [0.3, 0.4) is 0 Å². The van der Waals surface area contributed by atoms with E-state index >= 15 is 0 Å². The number of hydrogen-bond acceptors (Lipinski definition) is 4. The normalized spacial score (nSPS) is 28.3. The highest BCUT2D eigenvalue weighted by Gasteiger charge is 2.35. The number of rotatable bonds is 3. The Kier molecular flexibility index (Phi) is 3.08. The third-order valence-electron chi connectivity index (χ3n) is 4.02. The van der Waals surface area contributed by atoms with Gasteiger partial charge in [-0.3, -0.25) is 0 Å². The molecule has 18 heavy (non-hydrogen) atoms. The molecule has 0 amide bonds. The largest absolute Gasteiger partial charge is 0.367 e. The van der Waals surface area contributed by atoms with E-state index in [0.29, 0.717) is 12.5 Å². The Balaban J connectivity index is 1.94. The minimum Gasteiger partial charge on any atom is -0.367 e. The second-order valence-corrected chi connectivity index (χ2v) is 5.62. The third kappa shape index (κ3) is 2.15. The van der Waals surface area contributed by atoms with Crippen molar-refractivity contribution < 1.29 is 4.74 Å². The molecule has 2 aliphatic rings. The lowest BCUT2D eigenvalue weighted by atomic mass is 9.94. The molecule has 1 saturated carbocycles. The molecule has 2 N–H and O–H groups in total. The monoisotopic (exact) mass is 247 g/mol. The molecule has 1 saturated heterocycles. The van der Waals surface area contributed by atoms with Crippen molar-refractivity contribution in [1.82, 2.24) is 9.97 Å². The van der Waals surface area contributed by atoms with Gasteiger partial charge in [0.05, 0.1) is 5.69 Å². The summed E-state index contributed by atoms with van der Waals surface area (Å²) in [5.74, 6) is 1.46. The molecule has 98 valence electrons. The van der Waals surface area contributed by atoms with E-state index in [9.17, 15) is 0 Å². The summed E-state index contributed by atoms with van der Waals surface area (Å²) in [4.78, 5) is 9.28. The minimum atomic E-state index is -0.297. The Labute approximate surface area is 108 Å². The molecule has 0 aromatic carbocycles. The van der Waals surface area contributed by atoms with Crippen molar-refractivity contribution in [2.75, 3.05) is 6.61 Å². The predicted octanol–water partition coefficient (Wildman–Crippen LogP) is 2.23. The average molecular weight is 247 g/mol. The molecule has 4 heteroatoms. The van der Waals surface area contributed by atoms with E-state index in [-0.39, 0.29) is 5.60 Å². The molecule has 0 bridgehead atoms. The highest BCUT2D eigenvalue weighted by molar-refractivity contribution is 5.26. The van der Waals surface area contributed by atoms with Crippen molar-refractivity contribution in [2.45, 2.75) is 57.1 Å². The lowest BCUT2D eigenvalue weighted by Gasteiger charge is -2.32. The molecule has 1 aliphatic carbocycles. The average Bonchev–Trinajstić information content (AvgIpc) is 3.23. The standard InChI is InChI=1S/C14H21N3O/c1-14(6-2-3-7-18-14)13-16-9-11(8-15)12(17-13)10-4-5-10/h9-10H,2-8,15H2,1H3. The smallest absolute Gasteiger partial charge is 0.160 e. The fraction of sp³-hybridized carbons (Fsp3) is 0.714. The van der Waals surface area contributed by atoms with Gasteiger partial charge in [0.15, 0.2) is 5.82 Å². The third-order valence-corrected chi connectivity index (χ3v) is 4.02. The number of aromatic nitrogens is 2. The Hall–Kier alpha value is -1.00. The summed E-state index contributed by atoms with van der Waals surface area (Å²) in [5, 5.41) is 0.